The van der Waals surface area contributed by atoms with E-state index in [-0.39, 0.29) is 5.91 Å². The highest BCUT2D eigenvalue weighted by Crippen LogP contribution is 2.28. The fourth-order valence-corrected chi connectivity index (χ4v) is 3.53. The number of nitrogens with zero attached hydrogens (tertiary/aromatic N) is 1. The minimum atomic E-state index is -1.59. The van der Waals surface area contributed by atoms with Gasteiger partial charge >= 0.3 is 7.12 Å². The first-order chi connectivity index (χ1) is 14.1. The minimum absolute atomic E-state index is 0.286. The third-order valence-corrected chi connectivity index (χ3v) is 4.97. The van der Waals surface area contributed by atoms with Crippen molar-refractivity contribution >= 4 is 57.0 Å². The van der Waals surface area contributed by atoms with Crippen LogP contribution in [-0.2, 0) is 0 Å². The molecule has 0 unspecified atom stereocenters. The van der Waals surface area contributed by atoms with Crippen LogP contribution in [0.1, 0.15) is 10.4 Å². The molecule has 0 saturated carbocycles. The molecule has 0 radical (unpaired) electrons. The molecule has 0 aliphatic rings. The molecule has 2 heterocycles. The molecule has 0 bridgehead atoms. The molecule has 5 aromatic rings. The van der Waals surface area contributed by atoms with E-state index < -0.39 is 7.12 Å². The molecule has 6 nitrogen and oxygen atoms in total. The zero-order valence-electron chi connectivity index (χ0n) is 15.3. The zero-order chi connectivity index (χ0) is 20.0. The molecule has 0 aliphatic carbocycles. The fraction of sp³-hybridized carbons (Fsp3) is 0. The van der Waals surface area contributed by atoms with Gasteiger partial charge in [0.25, 0.3) is 5.91 Å². The van der Waals surface area contributed by atoms with E-state index in [1.165, 1.54) is 6.07 Å². The molecule has 2 aromatic heterocycles. The standard InChI is InChI=1S/C22H16BN3O3/c27-22(24-16-6-3-5-15(12-16)23(28)29)14-8-9-19-17(10-14)21-20(25-19)11-13-4-1-2-7-18(13)26-21/h1-12,25,28-29H,(H,24,27). The number of fused-ring (bicyclic) bond motifs is 4. The Balaban J connectivity index is 1.54. The van der Waals surface area contributed by atoms with Crippen molar-refractivity contribution in [2.45, 2.75) is 0 Å². The Morgan fingerprint density at radius 2 is 1.79 bits per heavy atom. The average molecular weight is 381 g/mol. The largest absolute Gasteiger partial charge is 0.488 e. The van der Waals surface area contributed by atoms with Gasteiger partial charge in [0.1, 0.15) is 0 Å². The van der Waals surface area contributed by atoms with Crippen LogP contribution in [0.15, 0.2) is 72.8 Å². The molecule has 5 rings (SSSR count). The number of hydrogen-bond donors (Lipinski definition) is 4. The van der Waals surface area contributed by atoms with Crippen LogP contribution in [-0.4, -0.2) is 33.0 Å². The molecule has 29 heavy (non-hydrogen) atoms. The number of para-hydroxylation sites is 1. The predicted octanol–water partition coefficient (Wildman–Crippen LogP) is 2.80. The van der Waals surface area contributed by atoms with Gasteiger partial charge in [-0.05, 0) is 47.9 Å². The average Bonchev–Trinajstić information content (AvgIpc) is 3.08. The summed E-state index contributed by atoms with van der Waals surface area (Å²) in [5, 5.41) is 23.3. The maximum Gasteiger partial charge on any atom is 0.488 e. The number of amides is 1. The van der Waals surface area contributed by atoms with Gasteiger partial charge in [-0.15, -0.1) is 0 Å². The van der Waals surface area contributed by atoms with Gasteiger partial charge < -0.3 is 20.3 Å². The number of aromatic amines is 1. The number of benzene rings is 3. The number of aromatic nitrogens is 2. The van der Waals surface area contributed by atoms with Gasteiger partial charge in [0.05, 0.1) is 16.6 Å². The normalized spacial score (nSPS) is 11.2. The number of pyridine rings is 1. The summed E-state index contributed by atoms with van der Waals surface area (Å²) in [6.45, 7) is 0. The molecule has 0 spiro atoms. The second kappa shape index (κ2) is 6.74. The van der Waals surface area contributed by atoms with Crippen molar-refractivity contribution in [1.82, 2.24) is 9.97 Å². The van der Waals surface area contributed by atoms with E-state index in [1.807, 2.05) is 36.4 Å². The summed E-state index contributed by atoms with van der Waals surface area (Å²) in [5.41, 5.74) is 4.83. The van der Waals surface area contributed by atoms with E-state index in [0.29, 0.717) is 16.7 Å². The number of carbonyl (C=O) groups is 1. The summed E-state index contributed by atoms with van der Waals surface area (Å²) in [7, 11) is -1.59. The molecular weight excluding hydrogens is 365 g/mol. The van der Waals surface area contributed by atoms with E-state index >= 15 is 0 Å². The van der Waals surface area contributed by atoms with Crippen LogP contribution in [0, 0.1) is 0 Å². The van der Waals surface area contributed by atoms with Gasteiger partial charge in [0.15, 0.2) is 0 Å². The Hall–Kier alpha value is -3.68. The van der Waals surface area contributed by atoms with Gasteiger partial charge in [0.2, 0.25) is 0 Å². The molecule has 0 fully saturated rings. The lowest BCUT2D eigenvalue weighted by molar-refractivity contribution is 0.102. The van der Waals surface area contributed by atoms with Crippen molar-refractivity contribution in [3.8, 4) is 0 Å². The van der Waals surface area contributed by atoms with Gasteiger partial charge in [-0.25, -0.2) is 4.98 Å². The second-order valence-corrected chi connectivity index (χ2v) is 6.92. The Labute approximate surface area is 166 Å². The lowest BCUT2D eigenvalue weighted by Crippen LogP contribution is -2.30. The Kier molecular flexibility index (Phi) is 4.05. The van der Waals surface area contributed by atoms with Crippen LogP contribution in [0.2, 0.25) is 0 Å². The molecule has 0 atom stereocenters. The van der Waals surface area contributed by atoms with Crippen LogP contribution in [0.4, 0.5) is 5.69 Å². The van der Waals surface area contributed by atoms with E-state index in [1.54, 1.807) is 24.3 Å². The highest BCUT2D eigenvalue weighted by Gasteiger charge is 2.14. The van der Waals surface area contributed by atoms with E-state index in [4.69, 9.17) is 4.98 Å². The first kappa shape index (κ1) is 17.4. The summed E-state index contributed by atoms with van der Waals surface area (Å²) >= 11 is 0. The molecule has 4 N–H and O–H groups in total. The molecule has 0 saturated heterocycles. The number of carbonyl (C=O) groups excluding carboxylic acids is 1. The van der Waals surface area contributed by atoms with Gasteiger partial charge in [-0.1, -0.05) is 30.3 Å². The molecule has 0 aliphatic heterocycles. The van der Waals surface area contributed by atoms with E-state index in [2.05, 4.69) is 16.4 Å². The molecule has 1 amide bonds. The zero-order valence-corrected chi connectivity index (χ0v) is 15.3. The molecule has 140 valence electrons. The number of nitrogens with one attached hydrogen (secondary N) is 2. The molecular formula is C22H16BN3O3. The van der Waals surface area contributed by atoms with E-state index in [0.717, 1.165) is 32.8 Å². The van der Waals surface area contributed by atoms with Gasteiger partial charge in [-0.2, -0.15) is 0 Å². The van der Waals surface area contributed by atoms with Crippen molar-refractivity contribution in [1.29, 1.82) is 0 Å². The number of H-pyrrole nitrogens is 1. The van der Waals surface area contributed by atoms with Crippen LogP contribution >= 0.6 is 0 Å². The summed E-state index contributed by atoms with van der Waals surface area (Å²) in [5.74, 6) is -0.286. The molecule has 7 heteroatoms. The minimum Gasteiger partial charge on any atom is -0.423 e. The lowest BCUT2D eigenvalue weighted by atomic mass is 9.80. The van der Waals surface area contributed by atoms with Gasteiger partial charge in [0, 0.05) is 27.5 Å². The number of anilines is 1. The summed E-state index contributed by atoms with van der Waals surface area (Å²) in [6.07, 6.45) is 0. The van der Waals surface area contributed by atoms with Crippen molar-refractivity contribution in [3.05, 3.63) is 78.4 Å². The summed E-state index contributed by atoms with van der Waals surface area (Å²) in [6, 6.07) is 21.9. The van der Waals surface area contributed by atoms with Crippen LogP contribution < -0.4 is 10.8 Å². The quantitative estimate of drug-likeness (QED) is 0.361. The van der Waals surface area contributed by atoms with E-state index in [9.17, 15) is 14.8 Å². The molecule has 3 aromatic carbocycles. The summed E-state index contributed by atoms with van der Waals surface area (Å²) in [4.78, 5) is 20.9. The van der Waals surface area contributed by atoms with Gasteiger partial charge in [-0.3, -0.25) is 4.79 Å². The highest BCUT2D eigenvalue weighted by atomic mass is 16.4. The van der Waals surface area contributed by atoms with Crippen LogP contribution in [0.5, 0.6) is 0 Å². The Morgan fingerprint density at radius 3 is 2.66 bits per heavy atom. The smallest absolute Gasteiger partial charge is 0.423 e. The predicted molar refractivity (Wildman–Crippen MR) is 115 cm³/mol. The Morgan fingerprint density at radius 1 is 0.931 bits per heavy atom. The maximum absolute atomic E-state index is 12.7. The van der Waals surface area contributed by atoms with Crippen LogP contribution in [0.3, 0.4) is 0 Å². The maximum atomic E-state index is 12.7. The van der Waals surface area contributed by atoms with Crippen molar-refractivity contribution in [2.24, 2.45) is 0 Å². The monoisotopic (exact) mass is 381 g/mol. The number of rotatable bonds is 3. The van der Waals surface area contributed by atoms with Crippen molar-refractivity contribution in [2.75, 3.05) is 5.32 Å². The SMILES string of the molecule is O=C(Nc1cccc(B(O)O)c1)c1ccc2[nH]c3cc4ccccc4nc3c2c1. The third-order valence-electron chi connectivity index (χ3n) is 4.97. The second-order valence-electron chi connectivity index (χ2n) is 6.92. The Bertz CT molecular complexity index is 1390. The fourth-order valence-electron chi connectivity index (χ4n) is 3.53. The topological polar surface area (TPSA) is 98.2 Å². The van der Waals surface area contributed by atoms with Crippen molar-refractivity contribution < 1.29 is 14.8 Å². The first-order valence-corrected chi connectivity index (χ1v) is 9.17. The third kappa shape index (κ3) is 3.12. The first-order valence-electron chi connectivity index (χ1n) is 9.17. The lowest BCUT2D eigenvalue weighted by Gasteiger charge is -2.07. The van der Waals surface area contributed by atoms with Crippen LogP contribution in [0.25, 0.3) is 32.8 Å². The van der Waals surface area contributed by atoms with Crippen molar-refractivity contribution in [3.63, 3.8) is 0 Å². The summed E-state index contributed by atoms with van der Waals surface area (Å²) < 4.78 is 0. The highest BCUT2D eigenvalue weighted by molar-refractivity contribution is 6.58. The number of hydrogen-bond acceptors (Lipinski definition) is 4.